The molecule has 0 unspecified atom stereocenters. The number of hydrogen-bond acceptors (Lipinski definition) is 7. The van der Waals surface area contributed by atoms with Gasteiger partial charge in [-0.15, -0.1) is 0 Å². The number of rotatable bonds is 11. The first-order valence-corrected chi connectivity index (χ1v) is 8.46. The van der Waals surface area contributed by atoms with Crippen LogP contribution in [0, 0.1) is 10.1 Å². The van der Waals surface area contributed by atoms with E-state index in [-0.39, 0.29) is 19.7 Å². The Hall–Kier alpha value is -1.58. The van der Waals surface area contributed by atoms with Gasteiger partial charge in [-0.05, 0) is 26.2 Å². The predicted molar refractivity (Wildman–Crippen MR) is 91.5 cm³/mol. The quantitative estimate of drug-likeness (QED) is 0.201. The Morgan fingerprint density at radius 2 is 2.22 bits per heavy atom. The van der Waals surface area contributed by atoms with E-state index < -0.39 is 4.92 Å². The minimum absolute atomic E-state index is 0.120. The Kier molecular flexibility index (Phi) is 9.34. The summed E-state index contributed by atoms with van der Waals surface area (Å²) in [5.41, 5.74) is 0. The van der Waals surface area contributed by atoms with Crippen molar-refractivity contribution in [1.29, 1.82) is 0 Å². The van der Waals surface area contributed by atoms with Crippen LogP contribution in [0.25, 0.3) is 0 Å². The average molecular weight is 344 g/mol. The van der Waals surface area contributed by atoms with Gasteiger partial charge in [-0.3, -0.25) is 15.1 Å². The van der Waals surface area contributed by atoms with Crippen molar-refractivity contribution in [2.75, 3.05) is 46.1 Å². The fourth-order valence-corrected chi connectivity index (χ4v) is 2.55. The first-order chi connectivity index (χ1) is 11.0. The van der Waals surface area contributed by atoms with Crippen LogP contribution < -0.4 is 5.32 Å². The number of hydrogen-bond donors (Lipinski definition) is 2. The van der Waals surface area contributed by atoms with Crippen molar-refractivity contribution < 1.29 is 14.4 Å². The van der Waals surface area contributed by atoms with Gasteiger partial charge >= 0.3 is 0 Å². The Morgan fingerprint density at radius 3 is 2.87 bits per heavy atom. The van der Waals surface area contributed by atoms with Crippen molar-refractivity contribution in [1.82, 2.24) is 10.2 Å². The van der Waals surface area contributed by atoms with Crippen LogP contribution in [0.5, 0.6) is 0 Å². The number of furan rings is 1. The van der Waals surface area contributed by atoms with E-state index >= 15 is 0 Å². The van der Waals surface area contributed by atoms with E-state index in [4.69, 9.17) is 9.52 Å². The zero-order valence-corrected chi connectivity index (χ0v) is 14.3. The normalized spacial score (nSPS) is 11.9. The molecule has 0 aliphatic rings. The van der Waals surface area contributed by atoms with Gasteiger partial charge in [0, 0.05) is 17.2 Å². The number of aliphatic hydroxyl groups excluding tert-OH is 1. The molecule has 1 rings (SSSR count). The number of nitrogens with zero attached hydrogens (tertiary/aromatic N) is 3. The third-order valence-corrected chi connectivity index (χ3v) is 3.67. The zero-order chi connectivity index (χ0) is 17.1. The summed E-state index contributed by atoms with van der Waals surface area (Å²) in [4.78, 5) is 16.1. The molecule has 2 N–H and O–H groups in total. The first-order valence-electron chi connectivity index (χ1n) is 7.31. The van der Waals surface area contributed by atoms with E-state index in [1.54, 1.807) is 11.8 Å². The molecule has 130 valence electrons. The third-order valence-electron chi connectivity index (χ3n) is 2.69. The van der Waals surface area contributed by atoms with Crippen molar-refractivity contribution in [2.45, 2.75) is 12.3 Å². The lowest BCUT2D eigenvalue weighted by molar-refractivity contribution is -0.463. The summed E-state index contributed by atoms with van der Waals surface area (Å²) >= 11 is 1.68. The van der Waals surface area contributed by atoms with Gasteiger partial charge in [0.05, 0.1) is 25.4 Å². The number of aliphatic imine (C=N–C) groups is 1. The van der Waals surface area contributed by atoms with Gasteiger partial charge in [-0.2, -0.15) is 11.8 Å². The highest BCUT2D eigenvalue weighted by molar-refractivity contribution is 7.98. The van der Waals surface area contributed by atoms with Crippen LogP contribution in [0.4, 0.5) is 0 Å². The second kappa shape index (κ2) is 11.0. The molecule has 0 radical (unpaired) electrons. The van der Waals surface area contributed by atoms with E-state index in [9.17, 15) is 10.1 Å². The molecule has 0 aliphatic carbocycles. The van der Waals surface area contributed by atoms with Gasteiger partial charge in [0.25, 0.3) is 6.54 Å². The maximum absolute atomic E-state index is 10.5. The average Bonchev–Trinajstić information content (AvgIpc) is 2.90. The number of thioether (sulfide) groups is 1. The molecule has 0 fully saturated rings. The molecule has 1 aromatic heterocycles. The summed E-state index contributed by atoms with van der Waals surface area (Å²) in [7, 11) is 3.98. The van der Waals surface area contributed by atoms with Crippen molar-refractivity contribution in [2.24, 2.45) is 4.99 Å². The molecular weight excluding hydrogens is 320 g/mol. The van der Waals surface area contributed by atoms with Crippen LogP contribution in [-0.4, -0.2) is 66.9 Å². The topological polar surface area (TPSA) is 104 Å². The van der Waals surface area contributed by atoms with Crippen LogP contribution in [0.3, 0.4) is 0 Å². The molecule has 0 bridgehead atoms. The summed E-state index contributed by atoms with van der Waals surface area (Å²) in [6, 6.07) is 3.95. The molecule has 0 amide bonds. The van der Waals surface area contributed by atoms with E-state index in [1.807, 2.05) is 31.1 Å². The van der Waals surface area contributed by atoms with Crippen molar-refractivity contribution in [3.63, 3.8) is 0 Å². The molecule has 0 aliphatic heterocycles. The molecule has 0 saturated carbocycles. The van der Waals surface area contributed by atoms with Gasteiger partial charge < -0.3 is 19.7 Å². The molecule has 1 heterocycles. The monoisotopic (exact) mass is 344 g/mol. The van der Waals surface area contributed by atoms with E-state index in [0.717, 1.165) is 29.6 Å². The fourth-order valence-electron chi connectivity index (χ4n) is 1.81. The lowest BCUT2D eigenvalue weighted by Gasteiger charge is -2.07. The van der Waals surface area contributed by atoms with Gasteiger partial charge in [0.15, 0.2) is 5.84 Å². The molecule has 0 saturated heterocycles. The summed E-state index contributed by atoms with van der Waals surface area (Å²) in [5, 5.41) is 22.2. The van der Waals surface area contributed by atoms with Crippen molar-refractivity contribution >= 4 is 17.6 Å². The summed E-state index contributed by atoms with van der Waals surface area (Å²) in [6.07, 6.45) is 0. The minimum Gasteiger partial charge on any atom is -0.464 e. The zero-order valence-electron chi connectivity index (χ0n) is 13.5. The molecule has 0 aromatic carbocycles. The Morgan fingerprint density at radius 1 is 1.48 bits per heavy atom. The molecule has 0 spiro atoms. The Balaban J connectivity index is 2.25. The lowest BCUT2D eigenvalue weighted by Crippen LogP contribution is -2.32. The predicted octanol–water partition coefficient (Wildman–Crippen LogP) is 0.831. The maximum atomic E-state index is 10.5. The first kappa shape index (κ1) is 19.5. The Labute approximate surface area is 140 Å². The molecule has 23 heavy (non-hydrogen) atoms. The third kappa shape index (κ3) is 9.22. The largest absolute Gasteiger partial charge is 0.464 e. The summed E-state index contributed by atoms with van der Waals surface area (Å²) < 4.78 is 5.70. The van der Waals surface area contributed by atoms with Crippen molar-refractivity contribution in [3.05, 3.63) is 33.8 Å². The number of nitro groups is 1. The standard InChI is InChI=1S/C14H24N4O4S/c1-17(2)9-12-3-4-13(22-12)11-23-8-6-16-14(10-18(20)21)15-5-7-19/h3-4,19H,5-11H2,1-2H3,(H,15,16). The van der Waals surface area contributed by atoms with Crippen LogP contribution >= 0.6 is 11.8 Å². The minimum atomic E-state index is -0.439. The van der Waals surface area contributed by atoms with Gasteiger partial charge in [-0.25, -0.2) is 0 Å². The fraction of sp³-hybridized carbons (Fsp3) is 0.643. The molecule has 1 aromatic rings. The highest BCUT2D eigenvalue weighted by atomic mass is 32.2. The second-order valence-corrected chi connectivity index (χ2v) is 6.23. The summed E-state index contributed by atoms with van der Waals surface area (Å²) in [5.74, 6) is 3.70. The van der Waals surface area contributed by atoms with Crippen LogP contribution in [0.15, 0.2) is 21.5 Å². The lowest BCUT2D eigenvalue weighted by atomic mass is 10.4. The summed E-state index contributed by atoms with van der Waals surface area (Å²) in [6.45, 7) is 1.05. The number of nitrogens with one attached hydrogen (secondary N) is 1. The highest BCUT2D eigenvalue weighted by Gasteiger charge is 2.07. The smallest absolute Gasteiger partial charge is 0.259 e. The van der Waals surface area contributed by atoms with Crippen LogP contribution in [0.2, 0.25) is 0 Å². The van der Waals surface area contributed by atoms with Gasteiger partial charge in [-0.1, -0.05) is 0 Å². The Bertz CT molecular complexity index is 505. The molecule has 8 nitrogen and oxygen atoms in total. The SMILES string of the molecule is CN(C)Cc1ccc(CSCCNC(C[N+](=O)[O-])=NCCO)o1. The van der Waals surface area contributed by atoms with Crippen LogP contribution in [0.1, 0.15) is 11.5 Å². The highest BCUT2D eigenvalue weighted by Crippen LogP contribution is 2.15. The maximum Gasteiger partial charge on any atom is 0.259 e. The number of aliphatic hydroxyl groups is 1. The molecule has 0 atom stereocenters. The number of amidine groups is 1. The van der Waals surface area contributed by atoms with E-state index in [1.165, 1.54) is 0 Å². The van der Waals surface area contributed by atoms with Gasteiger partial charge in [0.1, 0.15) is 11.5 Å². The van der Waals surface area contributed by atoms with Gasteiger partial charge in [0.2, 0.25) is 0 Å². The van der Waals surface area contributed by atoms with E-state index in [2.05, 4.69) is 10.3 Å². The second-order valence-electron chi connectivity index (χ2n) is 5.13. The van der Waals surface area contributed by atoms with Crippen molar-refractivity contribution in [3.8, 4) is 0 Å². The van der Waals surface area contributed by atoms with E-state index in [0.29, 0.717) is 12.4 Å². The molecule has 9 heteroatoms. The molecular formula is C14H24N4O4S. The van der Waals surface area contributed by atoms with Crippen LogP contribution in [-0.2, 0) is 12.3 Å².